The minimum atomic E-state index is -0.663. The summed E-state index contributed by atoms with van der Waals surface area (Å²) in [5.74, 6) is 0. The summed E-state index contributed by atoms with van der Waals surface area (Å²) in [6, 6.07) is 81.3. The molecule has 0 atom stereocenters. The second-order valence-corrected chi connectivity index (χ2v) is 27.6. The highest BCUT2D eigenvalue weighted by atomic mass is 16.3. The molecular weight excluding hydrogens is 1010 g/mol. The number of aryl methyl sites for hydroxylation is 1. The third kappa shape index (κ3) is 7.51. The van der Waals surface area contributed by atoms with E-state index in [-0.39, 0.29) is 28.5 Å². The lowest BCUT2D eigenvalue weighted by Crippen LogP contribution is -2.63. The van der Waals surface area contributed by atoms with E-state index >= 15 is 0 Å². The molecule has 4 heterocycles. The molecule has 408 valence electrons. The van der Waals surface area contributed by atoms with Crippen LogP contribution in [0.15, 0.2) is 217 Å². The zero-order valence-electron chi connectivity index (χ0n) is 49.9. The molecule has 4 nitrogen and oxygen atoms in total. The number of rotatable bonds is 6. The third-order valence-corrected chi connectivity index (χ3v) is 19.6. The normalized spacial score (nSPS) is 16.0. The molecule has 0 N–H and O–H groups in total. The molecule has 10 aromatic carbocycles. The summed E-state index contributed by atoms with van der Waals surface area (Å²) in [6.07, 6.45) is 2.28. The Bertz CT molecular complexity index is 4330. The van der Waals surface area contributed by atoms with Crippen LogP contribution in [0.3, 0.4) is 0 Å². The number of benzene rings is 10. The van der Waals surface area contributed by atoms with E-state index in [0.717, 1.165) is 68.8 Å². The van der Waals surface area contributed by atoms with Crippen molar-refractivity contribution < 1.29 is 4.42 Å². The number of hydrogen-bond donors (Lipinski definition) is 0. The molecular formula is C78H72BN3O. The Morgan fingerprint density at radius 1 is 0.470 bits per heavy atom. The van der Waals surface area contributed by atoms with Gasteiger partial charge in [0.1, 0.15) is 11.2 Å². The number of hydrogen-bond acceptors (Lipinski definition) is 4. The van der Waals surface area contributed by atoms with Crippen molar-refractivity contribution in [2.45, 2.75) is 116 Å². The first kappa shape index (κ1) is 51.4. The number of para-hydroxylation sites is 3. The standard InChI is InChI=1S/C78H72BN3O/c1-49-45-62-63(77(10,11)44-43-76(62,8)9)48-67(49)82-66-42-41-58-57-27-18-21-32-69(57)83-73(58)70(66)59-46-56(80(54-37-33-50(34-38-54)74(2,3)4)55-39-35-51(36-40-55)75(5,6)7)47-68-71(59)79(82)64-30-22-29-61-72(64)81(68)65-31-20-19-28-60(65)78(61,52-23-14-12-15-24-52)53-25-16-13-17-26-53/h12-42,45-48H,43-44H2,1-11H3. The van der Waals surface area contributed by atoms with Crippen molar-refractivity contribution in [3.63, 3.8) is 0 Å². The van der Waals surface area contributed by atoms with Crippen LogP contribution in [0.25, 0.3) is 33.1 Å². The number of fused-ring (bicyclic) bond motifs is 11. The monoisotopic (exact) mass is 1080 g/mol. The van der Waals surface area contributed by atoms with Gasteiger partial charge in [-0.25, -0.2) is 0 Å². The molecule has 11 aromatic rings. The molecule has 1 aliphatic carbocycles. The summed E-state index contributed by atoms with van der Waals surface area (Å²) in [7, 11) is 0. The molecule has 0 spiro atoms. The minimum Gasteiger partial charge on any atom is -0.455 e. The summed E-state index contributed by atoms with van der Waals surface area (Å²) in [6.45, 7) is 25.8. The second-order valence-electron chi connectivity index (χ2n) is 27.6. The van der Waals surface area contributed by atoms with Crippen LogP contribution >= 0.6 is 0 Å². The van der Waals surface area contributed by atoms with Crippen molar-refractivity contribution >= 4 is 85.2 Å². The Balaban J connectivity index is 1.11. The summed E-state index contributed by atoms with van der Waals surface area (Å²) >= 11 is 0. The van der Waals surface area contributed by atoms with Crippen LogP contribution in [0.1, 0.15) is 132 Å². The molecule has 5 heteroatoms. The van der Waals surface area contributed by atoms with Gasteiger partial charge in [-0.3, -0.25) is 0 Å². The topological polar surface area (TPSA) is 22.9 Å². The first-order valence-electron chi connectivity index (χ1n) is 30.1. The second kappa shape index (κ2) is 18.0. The number of furan rings is 1. The Morgan fingerprint density at radius 3 is 1.66 bits per heavy atom. The average molecular weight is 1080 g/mol. The van der Waals surface area contributed by atoms with Gasteiger partial charge in [0.2, 0.25) is 0 Å². The van der Waals surface area contributed by atoms with E-state index < -0.39 is 5.41 Å². The molecule has 0 bridgehead atoms. The zero-order chi connectivity index (χ0) is 57.1. The van der Waals surface area contributed by atoms with Gasteiger partial charge < -0.3 is 19.0 Å². The van der Waals surface area contributed by atoms with Crippen LogP contribution in [0, 0.1) is 6.92 Å². The largest absolute Gasteiger partial charge is 0.455 e. The van der Waals surface area contributed by atoms with Gasteiger partial charge in [-0.2, -0.15) is 0 Å². The Kier molecular flexibility index (Phi) is 11.1. The van der Waals surface area contributed by atoms with Crippen LogP contribution in [0.5, 0.6) is 0 Å². The van der Waals surface area contributed by atoms with Crippen molar-refractivity contribution in [2.24, 2.45) is 0 Å². The zero-order valence-corrected chi connectivity index (χ0v) is 49.9. The molecule has 15 rings (SSSR count). The molecule has 83 heavy (non-hydrogen) atoms. The van der Waals surface area contributed by atoms with Gasteiger partial charge in [0.05, 0.1) is 11.1 Å². The van der Waals surface area contributed by atoms with Crippen LogP contribution in [-0.4, -0.2) is 6.85 Å². The maximum absolute atomic E-state index is 7.34. The van der Waals surface area contributed by atoms with Gasteiger partial charge in [-0.05, 0) is 175 Å². The van der Waals surface area contributed by atoms with Gasteiger partial charge in [0.15, 0.2) is 0 Å². The predicted molar refractivity (Wildman–Crippen MR) is 351 cm³/mol. The fraction of sp³-hybridized carbons (Fsp3) is 0.231. The molecule has 0 amide bonds. The maximum Gasteiger partial charge on any atom is 0.333 e. The lowest BCUT2D eigenvalue weighted by atomic mass is 9.42. The highest BCUT2D eigenvalue weighted by Crippen LogP contribution is 2.61. The van der Waals surface area contributed by atoms with Crippen LogP contribution in [0.4, 0.5) is 45.5 Å². The molecule has 0 saturated heterocycles. The van der Waals surface area contributed by atoms with Crippen LogP contribution < -0.4 is 25.5 Å². The summed E-state index contributed by atoms with van der Waals surface area (Å²) in [5.41, 5.74) is 26.9. The smallest absolute Gasteiger partial charge is 0.333 e. The highest BCUT2D eigenvalue weighted by molar-refractivity contribution is 6.94. The molecule has 0 unspecified atom stereocenters. The summed E-state index contributed by atoms with van der Waals surface area (Å²) < 4.78 is 7.34. The van der Waals surface area contributed by atoms with E-state index in [1.54, 1.807) is 0 Å². The fourth-order valence-electron chi connectivity index (χ4n) is 15.1. The molecule has 0 radical (unpaired) electrons. The highest BCUT2D eigenvalue weighted by Gasteiger charge is 2.54. The first-order valence-corrected chi connectivity index (χ1v) is 30.1. The minimum absolute atomic E-state index is 0.0138. The molecule has 1 aromatic heterocycles. The SMILES string of the molecule is Cc1cc2c(cc1N1B3c4cccc5c4N(c4ccccc4C5(c4ccccc4)c4ccccc4)c4cc(N(c5ccc(C(C)(C)C)cc5)c5ccc(C(C)(C)C)cc5)cc(c43)-c3c1ccc1c3oc3ccccc31)C(C)(C)CCC2(C)C. The first-order chi connectivity index (χ1) is 39.8. The van der Waals surface area contributed by atoms with E-state index in [9.17, 15) is 0 Å². The quantitative estimate of drug-likeness (QED) is 0.155. The predicted octanol–water partition coefficient (Wildman–Crippen LogP) is 19.7. The van der Waals surface area contributed by atoms with E-state index in [0.29, 0.717) is 0 Å². The van der Waals surface area contributed by atoms with Gasteiger partial charge in [0.25, 0.3) is 0 Å². The van der Waals surface area contributed by atoms with Crippen molar-refractivity contribution in [1.29, 1.82) is 0 Å². The summed E-state index contributed by atoms with van der Waals surface area (Å²) in [5, 5.41) is 2.24. The van der Waals surface area contributed by atoms with E-state index in [1.807, 2.05) is 0 Å². The maximum atomic E-state index is 7.34. The summed E-state index contributed by atoms with van der Waals surface area (Å²) in [4.78, 5) is 7.91. The van der Waals surface area contributed by atoms with E-state index in [1.165, 1.54) is 83.6 Å². The Hall–Kier alpha value is -8.54. The van der Waals surface area contributed by atoms with E-state index in [2.05, 4.69) is 303 Å². The lowest BCUT2D eigenvalue weighted by Gasteiger charge is -2.52. The number of anilines is 8. The average Bonchev–Trinajstić information content (AvgIpc) is 1.18. The van der Waals surface area contributed by atoms with Crippen molar-refractivity contribution in [3.05, 3.63) is 262 Å². The van der Waals surface area contributed by atoms with Crippen molar-refractivity contribution in [2.75, 3.05) is 14.6 Å². The van der Waals surface area contributed by atoms with Gasteiger partial charge in [-0.1, -0.05) is 215 Å². The molecule has 3 aliphatic heterocycles. The number of nitrogens with zero attached hydrogens (tertiary/aromatic N) is 3. The molecule has 4 aliphatic rings. The van der Waals surface area contributed by atoms with Gasteiger partial charge in [0, 0.05) is 56.1 Å². The van der Waals surface area contributed by atoms with Gasteiger partial charge >= 0.3 is 6.85 Å². The molecule has 0 fully saturated rings. The Morgan fingerprint density at radius 2 is 1.04 bits per heavy atom. The van der Waals surface area contributed by atoms with Gasteiger partial charge in [-0.15, -0.1) is 0 Å². The van der Waals surface area contributed by atoms with Crippen LogP contribution in [0.2, 0.25) is 0 Å². The lowest BCUT2D eigenvalue weighted by molar-refractivity contribution is 0.332. The Labute approximate surface area is 491 Å². The third-order valence-electron chi connectivity index (χ3n) is 19.6. The van der Waals surface area contributed by atoms with Crippen molar-refractivity contribution in [1.82, 2.24) is 0 Å². The fourth-order valence-corrected chi connectivity index (χ4v) is 15.1. The van der Waals surface area contributed by atoms with E-state index in [4.69, 9.17) is 4.42 Å². The van der Waals surface area contributed by atoms with Crippen molar-refractivity contribution in [3.8, 4) is 11.1 Å². The van der Waals surface area contributed by atoms with Crippen LogP contribution in [-0.2, 0) is 27.1 Å². The molecule has 0 saturated carbocycles.